The third-order valence-corrected chi connectivity index (χ3v) is 5.93. The molecule has 162 valence electrons. The third-order valence-electron chi connectivity index (χ3n) is 4.80. The number of carbonyl (C=O) groups is 2. The van der Waals surface area contributed by atoms with Crippen molar-refractivity contribution in [3.63, 3.8) is 0 Å². The minimum atomic E-state index is -0.384. The average molecular weight is 442 g/mol. The molecule has 0 bridgehead atoms. The van der Waals surface area contributed by atoms with E-state index < -0.39 is 0 Å². The van der Waals surface area contributed by atoms with Crippen LogP contribution in [0.15, 0.2) is 24.3 Å². The Labute approximate surface area is 184 Å². The van der Waals surface area contributed by atoms with Gasteiger partial charge in [0.25, 0.3) is 0 Å². The molecule has 1 aromatic heterocycles. The fourth-order valence-electron chi connectivity index (χ4n) is 3.34. The van der Waals surface area contributed by atoms with Gasteiger partial charge in [0, 0.05) is 17.5 Å². The summed E-state index contributed by atoms with van der Waals surface area (Å²) in [6.07, 6.45) is 3.14. The summed E-state index contributed by atoms with van der Waals surface area (Å²) in [5, 5.41) is 12.9. The van der Waals surface area contributed by atoms with Gasteiger partial charge in [-0.3, -0.25) is 4.79 Å². The van der Waals surface area contributed by atoms with Gasteiger partial charge in [0.05, 0.1) is 38.5 Å². The van der Waals surface area contributed by atoms with Crippen molar-refractivity contribution in [2.45, 2.75) is 19.9 Å². The number of ether oxygens (including phenoxy) is 3. The van der Waals surface area contributed by atoms with Crippen LogP contribution in [0.3, 0.4) is 0 Å². The van der Waals surface area contributed by atoms with Crippen LogP contribution in [-0.2, 0) is 22.5 Å². The molecule has 1 N–H and O–H groups in total. The van der Waals surface area contributed by atoms with Gasteiger partial charge in [-0.2, -0.15) is 5.26 Å². The predicted octanol–water partition coefficient (Wildman–Crippen LogP) is 3.80. The van der Waals surface area contributed by atoms with Crippen LogP contribution in [0.1, 0.15) is 28.5 Å². The topological polar surface area (TPSA) is 101 Å². The second-order valence-electron chi connectivity index (χ2n) is 6.59. The van der Waals surface area contributed by atoms with Crippen molar-refractivity contribution in [3.05, 3.63) is 45.8 Å². The Bertz CT molecular complexity index is 1030. The van der Waals surface area contributed by atoms with Crippen LogP contribution in [0.25, 0.3) is 6.08 Å². The molecule has 2 amide bonds. The summed E-state index contributed by atoms with van der Waals surface area (Å²) in [4.78, 5) is 27.0. The Kier molecular flexibility index (Phi) is 7.15. The highest BCUT2D eigenvalue weighted by atomic mass is 32.1. The summed E-state index contributed by atoms with van der Waals surface area (Å²) in [6.45, 7) is 2.89. The van der Waals surface area contributed by atoms with Gasteiger partial charge in [0.15, 0.2) is 0 Å². The average Bonchev–Trinajstić information content (AvgIpc) is 3.13. The van der Waals surface area contributed by atoms with Gasteiger partial charge in [-0.25, -0.2) is 4.79 Å². The number of hydrogen-bond acceptors (Lipinski definition) is 7. The van der Waals surface area contributed by atoms with Gasteiger partial charge in [-0.1, -0.05) is 6.07 Å². The predicted molar refractivity (Wildman–Crippen MR) is 117 cm³/mol. The highest BCUT2D eigenvalue weighted by molar-refractivity contribution is 7.16. The Morgan fingerprint density at radius 3 is 2.61 bits per heavy atom. The maximum absolute atomic E-state index is 12.6. The summed E-state index contributed by atoms with van der Waals surface area (Å²) in [5.41, 5.74) is 1.96. The minimum Gasteiger partial charge on any atom is -0.496 e. The maximum atomic E-state index is 12.6. The van der Waals surface area contributed by atoms with Crippen molar-refractivity contribution in [1.29, 1.82) is 5.26 Å². The highest BCUT2D eigenvalue weighted by Gasteiger charge is 2.28. The third kappa shape index (κ3) is 4.81. The lowest BCUT2D eigenvalue weighted by atomic mass is 10.0. The van der Waals surface area contributed by atoms with Gasteiger partial charge >= 0.3 is 6.09 Å². The quantitative estimate of drug-likeness (QED) is 0.684. The normalized spacial score (nSPS) is 12.8. The summed E-state index contributed by atoms with van der Waals surface area (Å²) < 4.78 is 15.7. The number of methoxy groups -OCH3 is 2. The second kappa shape index (κ2) is 10.00. The minimum absolute atomic E-state index is 0.306. The first-order valence-corrected chi connectivity index (χ1v) is 10.5. The monoisotopic (exact) mass is 441 g/mol. The number of fused-ring (bicyclic) bond motifs is 1. The summed E-state index contributed by atoms with van der Waals surface area (Å²) in [7, 11) is 3.09. The van der Waals surface area contributed by atoms with E-state index in [2.05, 4.69) is 11.4 Å². The molecule has 8 nitrogen and oxygen atoms in total. The van der Waals surface area contributed by atoms with E-state index in [-0.39, 0.29) is 12.0 Å². The van der Waals surface area contributed by atoms with E-state index in [1.165, 1.54) is 17.4 Å². The van der Waals surface area contributed by atoms with E-state index in [0.29, 0.717) is 53.7 Å². The first-order valence-electron chi connectivity index (χ1n) is 9.68. The lowest BCUT2D eigenvalue weighted by Crippen LogP contribution is -2.35. The molecule has 0 radical (unpaired) electrons. The Morgan fingerprint density at radius 1 is 1.29 bits per heavy atom. The molecule has 3 rings (SSSR count). The van der Waals surface area contributed by atoms with Crippen LogP contribution in [0.2, 0.25) is 0 Å². The molecule has 2 heterocycles. The molecule has 0 unspecified atom stereocenters. The lowest BCUT2D eigenvalue weighted by molar-refractivity contribution is -0.111. The van der Waals surface area contributed by atoms with Crippen molar-refractivity contribution >= 4 is 34.4 Å². The second-order valence-corrected chi connectivity index (χ2v) is 7.69. The molecule has 0 aliphatic carbocycles. The number of benzene rings is 1. The van der Waals surface area contributed by atoms with E-state index in [4.69, 9.17) is 14.2 Å². The molecular weight excluding hydrogens is 418 g/mol. The molecule has 0 spiro atoms. The molecule has 1 aromatic carbocycles. The molecule has 0 fully saturated rings. The number of nitrogens with zero attached hydrogens (tertiary/aromatic N) is 2. The van der Waals surface area contributed by atoms with Gasteiger partial charge in [-0.15, -0.1) is 11.3 Å². The zero-order valence-corrected chi connectivity index (χ0v) is 18.4. The fraction of sp³-hybridized carbons (Fsp3) is 0.318. The number of nitriles is 1. The Hall–Kier alpha value is -3.51. The van der Waals surface area contributed by atoms with Crippen molar-refractivity contribution in [3.8, 4) is 17.6 Å². The fourth-order valence-corrected chi connectivity index (χ4v) is 4.55. The zero-order valence-electron chi connectivity index (χ0n) is 17.6. The molecule has 31 heavy (non-hydrogen) atoms. The van der Waals surface area contributed by atoms with E-state index >= 15 is 0 Å². The number of thiophene rings is 1. The van der Waals surface area contributed by atoms with Gasteiger partial charge in [0.1, 0.15) is 22.6 Å². The van der Waals surface area contributed by atoms with Crippen molar-refractivity contribution < 1.29 is 23.8 Å². The summed E-state index contributed by atoms with van der Waals surface area (Å²) >= 11 is 1.30. The first-order chi connectivity index (χ1) is 15.0. The number of rotatable bonds is 6. The van der Waals surface area contributed by atoms with Gasteiger partial charge < -0.3 is 24.4 Å². The van der Waals surface area contributed by atoms with Crippen LogP contribution < -0.4 is 14.8 Å². The van der Waals surface area contributed by atoms with Crippen LogP contribution in [-0.4, -0.2) is 44.3 Å². The number of hydrogen-bond donors (Lipinski definition) is 1. The SMILES string of the molecule is CCOC(=O)N1CCc2c(sc(NC(=O)/C=C/c3c(OC)cccc3OC)c2C#N)C1. The van der Waals surface area contributed by atoms with Crippen LogP contribution in [0, 0.1) is 11.3 Å². The molecule has 0 saturated carbocycles. The molecule has 2 aromatic rings. The van der Waals surface area contributed by atoms with Crippen molar-refractivity contribution in [2.24, 2.45) is 0 Å². The molecule has 1 aliphatic heterocycles. The van der Waals surface area contributed by atoms with Crippen LogP contribution in [0.5, 0.6) is 11.5 Å². The smallest absolute Gasteiger partial charge is 0.410 e. The highest BCUT2D eigenvalue weighted by Crippen LogP contribution is 2.37. The molecule has 0 atom stereocenters. The molecule has 9 heteroatoms. The largest absolute Gasteiger partial charge is 0.496 e. The van der Waals surface area contributed by atoms with Crippen molar-refractivity contribution in [2.75, 3.05) is 32.7 Å². The number of nitrogens with one attached hydrogen (secondary N) is 1. The molecule has 0 saturated heterocycles. The summed E-state index contributed by atoms with van der Waals surface area (Å²) in [6, 6.07) is 7.53. The first kappa shape index (κ1) is 22.2. The zero-order chi connectivity index (χ0) is 22.4. The Morgan fingerprint density at radius 2 is 2.00 bits per heavy atom. The molecule has 1 aliphatic rings. The van der Waals surface area contributed by atoms with E-state index in [0.717, 1.165) is 10.4 Å². The van der Waals surface area contributed by atoms with Gasteiger partial charge in [-0.05, 0) is 37.1 Å². The Balaban J connectivity index is 1.78. The summed E-state index contributed by atoms with van der Waals surface area (Å²) in [5.74, 6) is 0.767. The molecular formula is C22H23N3O5S. The van der Waals surface area contributed by atoms with E-state index in [1.54, 1.807) is 50.3 Å². The van der Waals surface area contributed by atoms with E-state index in [9.17, 15) is 14.9 Å². The van der Waals surface area contributed by atoms with Crippen molar-refractivity contribution in [1.82, 2.24) is 4.90 Å². The number of carbonyl (C=O) groups excluding carboxylic acids is 2. The number of amides is 2. The van der Waals surface area contributed by atoms with Gasteiger partial charge in [0.2, 0.25) is 5.91 Å². The van der Waals surface area contributed by atoms with E-state index in [1.807, 2.05) is 0 Å². The standard InChI is InChI=1S/C22H23N3O5S/c1-4-30-22(27)25-11-10-14-16(12-23)21(31-19(14)13-25)24-20(26)9-8-15-17(28-2)6-5-7-18(15)29-3/h5-9H,4,10-11,13H2,1-3H3,(H,24,26)/b9-8+. The maximum Gasteiger partial charge on any atom is 0.410 e. The lowest BCUT2D eigenvalue weighted by Gasteiger charge is -2.25. The van der Waals surface area contributed by atoms with Crippen LogP contribution >= 0.6 is 11.3 Å². The van der Waals surface area contributed by atoms with Crippen LogP contribution in [0.4, 0.5) is 9.80 Å². The number of anilines is 1.